The van der Waals surface area contributed by atoms with Crippen molar-refractivity contribution < 1.29 is 4.79 Å². The summed E-state index contributed by atoms with van der Waals surface area (Å²) in [6, 6.07) is 11.6. The van der Waals surface area contributed by atoms with Gasteiger partial charge in [-0.1, -0.05) is 18.2 Å². The molecule has 1 amide bonds. The van der Waals surface area contributed by atoms with Crippen molar-refractivity contribution >= 4 is 29.1 Å². The van der Waals surface area contributed by atoms with E-state index in [4.69, 9.17) is 0 Å². The molecule has 19 heavy (non-hydrogen) atoms. The van der Waals surface area contributed by atoms with Gasteiger partial charge in [0.1, 0.15) is 0 Å². The molecule has 2 rings (SSSR count). The second-order valence-electron chi connectivity index (χ2n) is 3.98. The lowest BCUT2D eigenvalue weighted by Crippen LogP contribution is -2.25. The number of nitrogens with zero attached hydrogens (tertiary/aromatic N) is 1. The molecule has 0 saturated heterocycles. The van der Waals surface area contributed by atoms with Gasteiger partial charge < -0.3 is 5.32 Å². The smallest absolute Gasteiger partial charge is 0.259 e. The van der Waals surface area contributed by atoms with Gasteiger partial charge in [0.15, 0.2) is 0 Å². The number of carbonyl (C=O) groups excluding carboxylic acids is 1. The topological polar surface area (TPSA) is 53.5 Å². The van der Waals surface area contributed by atoms with Crippen molar-refractivity contribution in [2.45, 2.75) is 6.92 Å². The van der Waals surface area contributed by atoms with Crippen LogP contribution in [0.4, 0.5) is 5.69 Å². The van der Waals surface area contributed by atoms with E-state index < -0.39 is 0 Å². The fraction of sp³-hybridized carbons (Fsp3) is 0.143. The number of anilines is 1. The first-order valence-electron chi connectivity index (χ1n) is 5.90. The summed E-state index contributed by atoms with van der Waals surface area (Å²) in [4.78, 5) is 12.6. The Morgan fingerprint density at radius 1 is 1.32 bits per heavy atom. The first kappa shape index (κ1) is 13.3. The average Bonchev–Trinajstić information content (AvgIpc) is 2.83. The van der Waals surface area contributed by atoms with Crippen LogP contribution in [0.25, 0.3) is 0 Å². The fourth-order valence-electron chi connectivity index (χ4n) is 1.46. The minimum Gasteiger partial charge on any atom is -0.376 e. The third-order valence-corrected chi connectivity index (χ3v) is 3.45. The van der Waals surface area contributed by atoms with E-state index in [1.807, 2.05) is 48.7 Å². The lowest BCUT2D eigenvalue weighted by atomic mass is 10.3. The SMILES string of the molecule is Cc1ccsc1/C=N/NC(=O)CNc1ccccc1. The van der Waals surface area contributed by atoms with Crippen molar-refractivity contribution in [3.05, 3.63) is 52.2 Å². The Hall–Kier alpha value is -2.14. The zero-order chi connectivity index (χ0) is 13.5. The van der Waals surface area contributed by atoms with Crippen LogP contribution in [0.1, 0.15) is 10.4 Å². The van der Waals surface area contributed by atoms with Gasteiger partial charge in [-0.15, -0.1) is 11.3 Å². The first-order valence-corrected chi connectivity index (χ1v) is 6.78. The molecule has 0 spiro atoms. The van der Waals surface area contributed by atoms with E-state index in [-0.39, 0.29) is 12.5 Å². The minimum atomic E-state index is -0.172. The van der Waals surface area contributed by atoms with Crippen LogP contribution < -0.4 is 10.7 Å². The molecule has 0 aliphatic carbocycles. The van der Waals surface area contributed by atoms with Gasteiger partial charge in [-0.05, 0) is 36.1 Å². The number of carbonyl (C=O) groups is 1. The molecule has 0 saturated carbocycles. The molecule has 0 fully saturated rings. The molecule has 2 aromatic rings. The normalized spacial score (nSPS) is 10.6. The number of amides is 1. The maximum absolute atomic E-state index is 11.5. The van der Waals surface area contributed by atoms with Crippen LogP contribution in [0.2, 0.25) is 0 Å². The van der Waals surface area contributed by atoms with Gasteiger partial charge in [0.2, 0.25) is 0 Å². The lowest BCUT2D eigenvalue weighted by Gasteiger charge is -2.04. The van der Waals surface area contributed by atoms with Crippen molar-refractivity contribution in [3.8, 4) is 0 Å². The van der Waals surface area contributed by atoms with Crippen LogP contribution in [0.5, 0.6) is 0 Å². The summed E-state index contributed by atoms with van der Waals surface area (Å²) in [5, 5.41) is 8.94. The summed E-state index contributed by atoms with van der Waals surface area (Å²) in [7, 11) is 0. The largest absolute Gasteiger partial charge is 0.376 e. The number of nitrogens with one attached hydrogen (secondary N) is 2. The van der Waals surface area contributed by atoms with Gasteiger partial charge in [-0.2, -0.15) is 5.10 Å². The molecule has 0 aliphatic heterocycles. The number of thiophene rings is 1. The Morgan fingerprint density at radius 3 is 2.79 bits per heavy atom. The number of aryl methyl sites for hydroxylation is 1. The van der Waals surface area contributed by atoms with Crippen molar-refractivity contribution in [1.29, 1.82) is 0 Å². The van der Waals surface area contributed by atoms with Crippen molar-refractivity contribution in [1.82, 2.24) is 5.43 Å². The fourth-order valence-corrected chi connectivity index (χ4v) is 2.24. The molecule has 0 unspecified atom stereocenters. The lowest BCUT2D eigenvalue weighted by molar-refractivity contribution is -0.119. The number of hydrazone groups is 1. The molecule has 1 aromatic carbocycles. The maximum atomic E-state index is 11.5. The van der Waals surface area contributed by atoms with Crippen molar-refractivity contribution in [2.24, 2.45) is 5.10 Å². The number of rotatable bonds is 5. The summed E-state index contributed by atoms with van der Waals surface area (Å²) >= 11 is 1.60. The van der Waals surface area contributed by atoms with Crippen LogP contribution in [0.15, 0.2) is 46.9 Å². The molecular weight excluding hydrogens is 258 g/mol. The van der Waals surface area contributed by atoms with Crippen LogP contribution >= 0.6 is 11.3 Å². The predicted octanol–water partition coefficient (Wildman–Crippen LogP) is 2.62. The molecule has 0 bridgehead atoms. The van der Waals surface area contributed by atoms with Crippen LogP contribution in [-0.2, 0) is 4.79 Å². The highest BCUT2D eigenvalue weighted by Gasteiger charge is 1.99. The van der Waals surface area contributed by atoms with E-state index in [2.05, 4.69) is 15.8 Å². The van der Waals surface area contributed by atoms with E-state index >= 15 is 0 Å². The van der Waals surface area contributed by atoms with E-state index in [0.29, 0.717) is 0 Å². The Morgan fingerprint density at radius 2 is 2.11 bits per heavy atom. The van der Waals surface area contributed by atoms with Gasteiger partial charge in [0.05, 0.1) is 12.8 Å². The van der Waals surface area contributed by atoms with Crippen LogP contribution in [0.3, 0.4) is 0 Å². The van der Waals surface area contributed by atoms with E-state index in [0.717, 1.165) is 16.1 Å². The third kappa shape index (κ3) is 4.22. The van der Waals surface area contributed by atoms with Gasteiger partial charge in [0.25, 0.3) is 5.91 Å². The first-order chi connectivity index (χ1) is 9.25. The predicted molar refractivity (Wildman–Crippen MR) is 79.7 cm³/mol. The van der Waals surface area contributed by atoms with E-state index in [9.17, 15) is 4.79 Å². The number of hydrogen-bond acceptors (Lipinski definition) is 4. The van der Waals surface area contributed by atoms with Crippen LogP contribution in [-0.4, -0.2) is 18.7 Å². The molecule has 98 valence electrons. The van der Waals surface area contributed by atoms with Crippen molar-refractivity contribution in [2.75, 3.05) is 11.9 Å². The molecule has 0 atom stereocenters. The molecule has 4 nitrogen and oxygen atoms in total. The van der Waals surface area contributed by atoms with Crippen molar-refractivity contribution in [3.63, 3.8) is 0 Å². The molecular formula is C14H15N3OS. The standard InChI is InChI=1S/C14H15N3OS/c1-11-7-8-19-13(11)9-16-17-14(18)10-15-12-5-3-2-4-6-12/h2-9,15H,10H2,1H3,(H,17,18)/b16-9+. The molecule has 1 heterocycles. The van der Waals surface area contributed by atoms with E-state index in [1.165, 1.54) is 0 Å². The highest BCUT2D eigenvalue weighted by atomic mass is 32.1. The quantitative estimate of drug-likeness (QED) is 0.650. The van der Waals surface area contributed by atoms with Gasteiger partial charge in [-0.3, -0.25) is 4.79 Å². The summed E-state index contributed by atoms with van der Waals surface area (Å²) in [5.41, 5.74) is 4.56. The average molecular weight is 273 g/mol. The monoisotopic (exact) mass is 273 g/mol. The highest BCUT2D eigenvalue weighted by molar-refractivity contribution is 7.11. The second-order valence-corrected chi connectivity index (χ2v) is 4.93. The summed E-state index contributed by atoms with van der Waals surface area (Å²) in [6.45, 7) is 2.21. The number of para-hydroxylation sites is 1. The molecule has 1 aromatic heterocycles. The molecule has 0 radical (unpaired) electrons. The molecule has 5 heteroatoms. The number of hydrogen-bond donors (Lipinski definition) is 2. The van der Waals surface area contributed by atoms with Crippen LogP contribution in [0, 0.1) is 6.92 Å². The Kier molecular flexibility index (Phi) is 4.69. The number of benzene rings is 1. The molecule has 2 N–H and O–H groups in total. The molecule has 0 aliphatic rings. The second kappa shape index (κ2) is 6.70. The van der Waals surface area contributed by atoms with Gasteiger partial charge >= 0.3 is 0 Å². The summed E-state index contributed by atoms with van der Waals surface area (Å²) in [5.74, 6) is -0.172. The highest BCUT2D eigenvalue weighted by Crippen LogP contribution is 2.12. The van der Waals surface area contributed by atoms with Gasteiger partial charge in [-0.25, -0.2) is 5.43 Å². The van der Waals surface area contributed by atoms with E-state index in [1.54, 1.807) is 17.6 Å². The summed E-state index contributed by atoms with van der Waals surface area (Å²) < 4.78 is 0. The zero-order valence-corrected chi connectivity index (χ0v) is 11.4. The minimum absolute atomic E-state index is 0.172. The van der Waals surface area contributed by atoms with Gasteiger partial charge in [0, 0.05) is 10.6 Å². The third-order valence-electron chi connectivity index (χ3n) is 2.50. The summed E-state index contributed by atoms with van der Waals surface area (Å²) in [6.07, 6.45) is 1.67. The maximum Gasteiger partial charge on any atom is 0.259 e. The Balaban J connectivity index is 1.76. The Bertz CT molecular complexity index is 563. The zero-order valence-electron chi connectivity index (χ0n) is 10.6. The Labute approximate surface area is 116 Å².